The van der Waals surface area contributed by atoms with Crippen molar-refractivity contribution >= 4 is 0 Å². The van der Waals surface area contributed by atoms with E-state index in [1.165, 1.54) is 0 Å². The van der Waals surface area contributed by atoms with Gasteiger partial charge < -0.3 is 19.7 Å². The highest BCUT2D eigenvalue weighted by Gasteiger charge is 2.20. The normalized spacial score (nSPS) is 14.1. The minimum absolute atomic E-state index is 0.121. The van der Waals surface area contributed by atoms with Crippen molar-refractivity contribution in [3.8, 4) is 11.5 Å². The van der Waals surface area contributed by atoms with Crippen LogP contribution in [0.15, 0.2) is 18.2 Å². The van der Waals surface area contributed by atoms with Crippen LogP contribution in [0, 0.1) is 0 Å². The largest absolute Gasteiger partial charge is 0.490 e. The van der Waals surface area contributed by atoms with Gasteiger partial charge in [0.2, 0.25) is 0 Å². The van der Waals surface area contributed by atoms with Crippen molar-refractivity contribution in [2.75, 3.05) is 13.2 Å². The molecule has 0 amide bonds. The van der Waals surface area contributed by atoms with Gasteiger partial charge in [-0.15, -0.1) is 0 Å². The molecule has 0 fully saturated rings. The van der Waals surface area contributed by atoms with Crippen LogP contribution < -0.4 is 9.47 Å². The lowest BCUT2D eigenvalue weighted by Gasteiger charge is -2.23. The number of ether oxygens (including phenoxy) is 2. The fourth-order valence-corrected chi connectivity index (χ4v) is 1.45. The van der Waals surface area contributed by atoms with E-state index in [2.05, 4.69) is 0 Å². The number of hydrogen-bond donors (Lipinski definition) is 2. The molecule has 0 aliphatic carbocycles. The molecule has 1 aromatic rings. The summed E-state index contributed by atoms with van der Waals surface area (Å²) in [6, 6.07) is 5.37. The summed E-state index contributed by atoms with van der Waals surface area (Å²) in [5, 5.41) is 19.2. The lowest BCUT2D eigenvalue weighted by atomic mass is 10.1. The predicted molar refractivity (Wildman–Crippen MR) is 69.9 cm³/mol. The molecule has 0 bridgehead atoms. The minimum Gasteiger partial charge on any atom is -0.490 e. The molecule has 18 heavy (non-hydrogen) atoms. The first-order valence-corrected chi connectivity index (χ1v) is 6.24. The van der Waals surface area contributed by atoms with Crippen LogP contribution in [0.5, 0.6) is 11.5 Å². The number of aliphatic hydroxyl groups is 2. The molecule has 4 nitrogen and oxygen atoms in total. The Morgan fingerprint density at radius 3 is 2.50 bits per heavy atom. The number of aliphatic hydroxyl groups excluding tert-OH is 1. The third kappa shape index (κ3) is 3.89. The Balaban J connectivity index is 2.90. The van der Waals surface area contributed by atoms with Crippen molar-refractivity contribution in [1.29, 1.82) is 0 Å². The highest BCUT2D eigenvalue weighted by Crippen LogP contribution is 2.32. The second-order valence-electron chi connectivity index (χ2n) is 4.47. The van der Waals surface area contributed by atoms with Crippen LogP contribution in [0.25, 0.3) is 0 Å². The molecule has 4 heteroatoms. The Labute approximate surface area is 108 Å². The summed E-state index contributed by atoms with van der Waals surface area (Å²) in [4.78, 5) is 0. The van der Waals surface area contributed by atoms with Gasteiger partial charge in [0.15, 0.2) is 11.5 Å². The number of benzene rings is 1. The summed E-state index contributed by atoms with van der Waals surface area (Å²) < 4.78 is 11.1. The maximum absolute atomic E-state index is 9.94. The SMILES string of the molecule is CCOc1cccc(CO)c1OCC(C)(O)CC. The summed E-state index contributed by atoms with van der Waals surface area (Å²) in [6.07, 6.45) is 0.595. The van der Waals surface area contributed by atoms with Crippen LogP contribution in [0.3, 0.4) is 0 Å². The molecule has 0 spiro atoms. The first kappa shape index (κ1) is 14.8. The van der Waals surface area contributed by atoms with E-state index >= 15 is 0 Å². The molecule has 0 saturated carbocycles. The van der Waals surface area contributed by atoms with Gasteiger partial charge in [-0.05, 0) is 26.3 Å². The van der Waals surface area contributed by atoms with E-state index in [0.29, 0.717) is 30.1 Å². The molecule has 0 aliphatic rings. The minimum atomic E-state index is -0.883. The maximum atomic E-state index is 9.94. The highest BCUT2D eigenvalue weighted by atomic mass is 16.5. The first-order valence-electron chi connectivity index (χ1n) is 6.24. The molecule has 0 aliphatic heterocycles. The van der Waals surface area contributed by atoms with Gasteiger partial charge in [-0.2, -0.15) is 0 Å². The van der Waals surface area contributed by atoms with Crippen molar-refractivity contribution in [2.45, 2.75) is 39.4 Å². The Hall–Kier alpha value is -1.26. The van der Waals surface area contributed by atoms with Gasteiger partial charge in [0.1, 0.15) is 6.61 Å². The summed E-state index contributed by atoms with van der Waals surface area (Å²) >= 11 is 0. The lowest BCUT2D eigenvalue weighted by molar-refractivity contribution is 0.00695. The van der Waals surface area contributed by atoms with Crippen molar-refractivity contribution in [3.63, 3.8) is 0 Å². The Morgan fingerprint density at radius 2 is 1.94 bits per heavy atom. The standard InChI is InChI=1S/C14H22O4/c1-4-14(3,16)10-18-13-11(9-15)7-6-8-12(13)17-5-2/h6-8,15-16H,4-5,9-10H2,1-3H3. The van der Waals surface area contributed by atoms with E-state index < -0.39 is 5.60 Å². The van der Waals surface area contributed by atoms with Gasteiger partial charge >= 0.3 is 0 Å². The third-order valence-electron chi connectivity index (χ3n) is 2.82. The van der Waals surface area contributed by atoms with Crippen LogP contribution >= 0.6 is 0 Å². The topological polar surface area (TPSA) is 58.9 Å². The monoisotopic (exact) mass is 254 g/mol. The molecule has 1 unspecified atom stereocenters. The van der Waals surface area contributed by atoms with Crippen molar-refractivity contribution in [3.05, 3.63) is 23.8 Å². The van der Waals surface area contributed by atoms with Gasteiger partial charge in [0.05, 0.1) is 18.8 Å². The number of para-hydroxylation sites is 1. The van der Waals surface area contributed by atoms with Crippen molar-refractivity contribution in [2.24, 2.45) is 0 Å². The average molecular weight is 254 g/mol. The quantitative estimate of drug-likeness (QED) is 0.782. The molecule has 1 atom stereocenters. The van der Waals surface area contributed by atoms with E-state index in [1.807, 2.05) is 13.8 Å². The summed E-state index contributed by atoms with van der Waals surface area (Å²) in [5.74, 6) is 1.10. The second kappa shape index (κ2) is 6.61. The predicted octanol–water partition coefficient (Wildman–Crippen LogP) is 2.12. The van der Waals surface area contributed by atoms with Crippen LogP contribution in [0.4, 0.5) is 0 Å². The van der Waals surface area contributed by atoms with Crippen LogP contribution in [0.2, 0.25) is 0 Å². The zero-order valence-electron chi connectivity index (χ0n) is 11.3. The molecule has 0 saturated heterocycles. The summed E-state index contributed by atoms with van der Waals surface area (Å²) in [6.45, 7) is 6.07. The molecule has 102 valence electrons. The van der Waals surface area contributed by atoms with Crippen molar-refractivity contribution < 1.29 is 19.7 Å². The molecule has 2 N–H and O–H groups in total. The first-order chi connectivity index (χ1) is 8.54. The van der Waals surface area contributed by atoms with Crippen LogP contribution in [-0.2, 0) is 6.61 Å². The smallest absolute Gasteiger partial charge is 0.166 e. The van der Waals surface area contributed by atoms with Gasteiger partial charge in [0.25, 0.3) is 0 Å². The van der Waals surface area contributed by atoms with E-state index in [-0.39, 0.29) is 13.2 Å². The number of hydrogen-bond acceptors (Lipinski definition) is 4. The molecule has 0 aromatic heterocycles. The van der Waals surface area contributed by atoms with Gasteiger partial charge in [-0.25, -0.2) is 0 Å². The van der Waals surface area contributed by atoms with E-state index in [4.69, 9.17) is 9.47 Å². The molecule has 0 radical (unpaired) electrons. The molecule has 1 rings (SSSR count). The fourth-order valence-electron chi connectivity index (χ4n) is 1.45. The third-order valence-corrected chi connectivity index (χ3v) is 2.82. The van der Waals surface area contributed by atoms with Crippen LogP contribution in [-0.4, -0.2) is 29.0 Å². The van der Waals surface area contributed by atoms with E-state index in [1.54, 1.807) is 25.1 Å². The fraction of sp³-hybridized carbons (Fsp3) is 0.571. The zero-order valence-corrected chi connectivity index (χ0v) is 11.3. The van der Waals surface area contributed by atoms with E-state index in [9.17, 15) is 10.2 Å². The molecular formula is C14H22O4. The second-order valence-corrected chi connectivity index (χ2v) is 4.47. The number of rotatable bonds is 7. The lowest BCUT2D eigenvalue weighted by Crippen LogP contribution is -2.31. The Morgan fingerprint density at radius 1 is 1.22 bits per heavy atom. The van der Waals surface area contributed by atoms with Crippen LogP contribution in [0.1, 0.15) is 32.8 Å². The summed E-state index contributed by atoms with van der Waals surface area (Å²) in [7, 11) is 0. The van der Waals surface area contributed by atoms with Gasteiger partial charge in [-0.3, -0.25) is 0 Å². The molecule has 1 aromatic carbocycles. The Kier molecular flexibility index (Phi) is 5.44. The average Bonchev–Trinajstić information content (AvgIpc) is 2.37. The maximum Gasteiger partial charge on any atom is 0.166 e. The zero-order chi connectivity index (χ0) is 13.6. The van der Waals surface area contributed by atoms with E-state index in [0.717, 1.165) is 0 Å². The van der Waals surface area contributed by atoms with Crippen molar-refractivity contribution in [1.82, 2.24) is 0 Å². The highest BCUT2D eigenvalue weighted by molar-refractivity contribution is 5.46. The molecule has 0 heterocycles. The van der Waals surface area contributed by atoms with Gasteiger partial charge in [-0.1, -0.05) is 19.1 Å². The molecular weight excluding hydrogens is 232 g/mol. The van der Waals surface area contributed by atoms with Gasteiger partial charge in [0, 0.05) is 5.56 Å². The Bertz CT molecular complexity index is 374. The summed E-state index contributed by atoms with van der Waals surface area (Å²) in [5.41, 5.74) is -0.223.